The lowest BCUT2D eigenvalue weighted by Gasteiger charge is -2.09. The molecule has 0 aliphatic rings. The third-order valence-corrected chi connectivity index (χ3v) is 2.10. The summed E-state index contributed by atoms with van der Waals surface area (Å²) in [5.41, 5.74) is 2.38. The van der Waals surface area contributed by atoms with Crippen LogP contribution in [0.2, 0.25) is 0 Å². The predicted molar refractivity (Wildman–Crippen MR) is 63.2 cm³/mol. The number of imidazole rings is 1. The van der Waals surface area contributed by atoms with Crippen molar-refractivity contribution in [3.63, 3.8) is 0 Å². The van der Waals surface area contributed by atoms with E-state index in [0.29, 0.717) is 0 Å². The second-order valence-electron chi connectivity index (χ2n) is 2.91. The fourth-order valence-corrected chi connectivity index (χ4v) is 1.33. The van der Waals surface area contributed by atoms with Gasteiger partial charge in [0.05, 0.1) is 0 Å². The van der Waals surface area contributed by atoms with Gasteiger partial charge in [0.1, 0.15) is 5.82 Å². The number of hydrogen-bond acceptors (Lipinski definition) is 1. The monoisotopic (exact) mass is 192 g/mol. The second kappa shape index (κ2) is 6.19. The zero-order valence-corrected chi connectivity index (χ0v) is 9.51. The average molecular weight is 192 g/mol. The highest BCUT2D eigenvalue weighted by Gasteiger charge is 2.05. The zero-order chi connectivity index (χ0) is 11.1. The Morgan fingerprint density at radius 3 is 2.43 bits per heavy atom. The topological polar surface area (TPSA) is 17.8 Å². The molecule has 0 spiro atoms. The third kappa shape index (κ3) is 2.59. The van der Waals surface area contributed by atoms with Crippen molar-refractivity contribution in [2.45, 2.75) is 33.6 Å². The Hall–Kier alpha value is -1.31. The summed E-state index contributed by atoms with van der Waals surface area (Å²) >= 11 is 0. The van der Waals surface area contributed by atoms with E-state index in [2.05, 4.69) is 43.1 Å². The van der Waals surface area contributed by atoms with Crippen molar-refractivity contribution in [3.8, 4) is 0 Å². The molecule has 0 amide bonds. The summed E-state index contributed by atoms with van der Waals surface area (Å²) in [4.78, 5) is 4.26. The highest BCUT2D eigenvalue weighted by Crippen LogP contribution is 2.14. The molecule has 0 saturated heterocycles. The predicted octanol–water partition coefficient (Wildman–Crippen LogP) is 3.44. The normalized spacial score (nSPS) is 9.07. The molecule has 1 aromatic heterocycles. The van der Waals surface area contributed by atoms with Crippen LogP contribution in [-0.4, -0.2) is 9.55 Å². The van der Waals surface area contributed by atoms with E-state index in [4.69, 9.17) is 0 Å². The van der Waals surface area contributed by atoms with Crippen molar-refractivity contribution in [1.29, 1.82) is 0 Å². The highest BCUT2D eigenvalue weighted by molar-refractivity contribution is 5.43. The summed E-state index contributed by atoms with van der Waals surface area (Å²) in [5, 5.41) is 0. The van der Waals surface area contributed by atoms with E-state index < -0.39 is 0 Å². The molecule has 0 N–H and O–H groups in total. The molecule has 78 valence electrons. The van der Waals surface area contributed by atoms with Gasteiger partial charge in [0.15, 0.2) is 0 Å². The fourth-order valence-electron chi connectivity index (χ4n) is 1.33. The SMILES string of the molecule is C=C.C=C(CC)n1c(CC)cnc1C. The largest absolute Gasteiger partial charge is 0.305 e. The minimum Gasteiger partial charge on any atom is -0.305 e. The maximum atomic E-state index is 4.26. The zero-order valence-electron chi connectivity index (χ0n) is 9.51. The smallest absolute Gasteiger partial charge is 0.110 e. The van der Waals surface area contributed by atoms with Crippen LogP contribution in [0.3, 0.4) is 0 Å². The molecule has 0 aliphatic carbocycles. The van der Waals surface area contributed by atoms with Crippen LogP contribution in [0, 0.1) is 6.92 Å². The van der Waals surface area contributed by atoms with Gasteiger partial charge in [-0.15, -0.1) is 13.2 Å². The van der Waals surface area contributed by atoms with E-state index in [1.807, 2.05) is 13.1 Å². The van der Waals surface area contributed by atoms with Crippen molar-refractivity contribution < 1.29 is 0 Å². The molecule has 0 atom stereocenters. The quantitative estimate of drug-likeness (QED) is 0.671. The average Bonchev–Trinajstić information content (AvgIpc) is 2.61. The molecule has 0 aromatic carbocycles. The van der Waals surface area contributed by atoms with E-state index in [1.54, 1.807) is 0 Å². The fraction of sp³-hybridized carbons (Fsp3) is 0.417. The minimum absolute atomic E-state index is 0.976. The first-order valence-electron chi connectivity index (χ1n) is 4.92. The first-order valence-corrected chi connectivity index (χ1v) is 4.92. The Kier molecular flexibility index (Phi) is 5.61. The van der Waals surface area contributed by atoms with Crippen LogP contribution in [-0.2, 0) is 6.42 Å². The number of aromatic nitrogens is 2. The van der Waals surface area contributed by atoms with Gasteiger partial charge in [-0.25, -0.2) is 4.98 Å². The molecule has 0 saturated carbocycles. The van der Waals surface area contributed by atoms with Gasteiger partial charge < -0.3 is 4.57 Å². The maximum absolute atomic E-state index is 4.26. The van der Waals surface area contributed by atoms with Crippen LogP contribution in [0.15, 0.2) is 25.9 Å². The number of nitrogens with zero attached hydrogens (tertiary/aromatic N) is 2. The van der Waals surface area contributed by atoms with Crippen molar-refractivity contribution in [1.82, 2.24) is 9.55 Å². The number of hydrogen-bond donors (Lipinski definition) is 0. The minimum atomic E-state index is 0.976. The summed E-state index contributed by atoms with van der Waals surface area (Å²) in [6.45, 7) is 16.3. The van der Waals surface area contributed by atoms with Gasteiger partial charge in [-0.1, -0.05) is 20.4 Å². The molecule has 2 nitrogen and oxygen atoms in total. The Morgan fingerprint density at radius 2 is 2.00 bits per heavy atom. The van der Waals surface area contributed by atoms with Crippen LogP contribution in [0.4, 0.5) is 0 Å². The van der Waals surface area contributed by atoms with Crippen LogP contribution in [0.1, 0.15) is 31.8 Å². The molecule has 0 unspecified atom stereocenters. The van der Waals surface area contributed by atoms with Crippen LogP contribution in [0.25, 0.3) is 5.70 Å². The lowest BCUT2D eigenvalue weighted by atomic mass is 10.3. The van der Waals surface area contributed by atoms with Crippen LogP contribution >= 0.6 is 0 Å². The van der Waals surface area contributed by atoms with Gasteiger partial charge >= 0.3 is 0 Å². The summed E-state index contributed by atoms with van der Waals surface area (Å²) in [7, 11) is 0. The molecule has 0 bridgehead atoms. The first-order chi connectivity index (χ1) is 6.70. The molecule has 0 radical (unpaired) electrons. The van der Waals surface area contributed by atoms with E-state index in [0.717, 1.165) is 24.4 Å². The van der Waals surface area contributed by atoms with Crippen molar-refractivity contribution in [3.05, 3.63) is 37.5 Å². The van der Waals surface area contributed by atoms with Crippen LogP contribution < -0.4 is 0 Å². The highest BCUT2D eigenvalue weighted by atomic mass is 15.1. The maximum Gasteiger partial charge on any atom is 0.110 e. The molecule has 1 heterocycles. The number of rotatable bonds is 3. The standard InChI is InChI=1S/C10H16N2.C2H4/c1-5-8(3)12-9(4)11-7-10(12)6-2;1-2/h7H,3,5-6H2,1-2,4H3;1-2H2. The van der Waals surface area contributed by atoms with Crippen molar-refractivity contribution >= 4 is 5.70 Å². The lowest BCUT2D eigenvalue weighted by molar-refractivity contribution is 0.883. The van der Waals surface area contributed by atoms with E-state index in [1.165, 1.54) is 5.69 Å². The van der Waals surface area contributed by atoms with Gasteiger partial charge in [-0.2, -0.15) is 0 Å². The Balaban J connectivity index is 0.000000791. The molecule has 0 aliphatic heterocycles. The second-order valence-corrected chi connectivity index (χ2v) is 2.91. The van der Waals surface area contributed by atoms with E-state index in [9.17, 15) is 0 Å². The summed E-state index contributed by atoms with van der Waals surface area (Å²) in [5.74, 6) is 1.04. The molecule has 2 heteroatoms. The molecular weight excluding hydrogens is 172 g/mol. The molecule has 0 fully saturated rings. The van der Waals surface area contributed by atoms with E-state index in [-0.39, 0.29) is 0 Å². The van der Waals surface area contributed by atoms with Gasteiger partial charge in [0.25, 0.3) is 0 Å². The van der Waals surface area contributed by atoms with Gasteiger partial charge in [-0.05, 0) is 19.8 Å². The van der Waals surface area contributed by atoms with Crippen LogP contribution in [0.5, 0.6) is 0 Å². The molecular formula is C12H20N2. The lowest BCUT2D eigenvalue weighted by Crippen LogP contribution is -2.01. The molecule has 14 heavy (non-hydrogen) atoms. The van der Waals surface area contributed by atoms with Crippen molar-refractivity contribution in [2.24, 2.45) is 0 Å². The Bertz CT molecular complexity index is 297. The Morgan fingerprint density at radius 1 is 1.43 bits per heavy atom. The third-order valence-electron chi connectivity index (χ3n) is 2.10. The molecule has 1 rings (SSSR count). The summed E-state index contributed by atoms with van der Waals surface area (Å²) in [6.07, 6.45) is 3.92. The first kappa shape index (κ1) is 12.7. The summed E-state index contributed by atoms with van der Waals surface area (Å²) < 4.78 is 2.14. The van der Waals surface area contributed by atoms with Gasteiger partial charge in [0.2, 0.25) is 0 Å². The summed E-state index contributed by atoms with van der Waals surface area (Å²) in [6, 6.07) is 0. The number of aryl methyl sites for hydroxylation is 2. The molecule has 1 aromatic rings. The van der Waals surface area contributed by atoms with E-state index >= 15 is 0 Å². The van der Waals surface area contributed by atoms with Gasteiger partial charge in [0, 0.05) is 17.6 Å². The number of allylic oxidation sites excluding steroid dienone is 1. The van der Waals surface area contributed by atoms with Gasteiger partial charge in [-0.3, -0.25) is 0 Å². The van der Waals surface area contributed by atoms with Crippen molar-refractivity contribution in [2.75, 3.05) is 0 Å². The Labute approximate surface area is 87.0 Å².